The molecule has 78 valence electrons. The molecule has 0 aliphatic carbocycles. The largest absolute Gasteiger partial charge is 0.319 e. The van der Waals surface area contributed by atoms with Crippen LogP contribution in [0.2, 0.25) is 0 Å². The summed E-state index contributed by atoms with van der Waals surface area (Å²) in [6, 6.07) is 0. The summed E-state index contributed by atoms with van der Waals surface area (Å²) in [5.41, 5.74) is 0. The lowest BCUT2D eigenvalue weighted by Gasteiger charge is -2.31. The van der Waals surface area contributed by atoms with Crippen molar-refractivity contribution < 1.29 is 4.39 Å². The quantitative estimate of drug-likeness (QED) is 0.699. The number of alkyl halides is 1. The molecular formula is C10H21FN2. The predicted octanol–water partition coefficient (Wildman–Crippen LogP) is 1.28. The number of halogens is 1. The maximum absolute atomic E-state index is 11.9. The van der Waals surface area contributed by atoms with Crippen LogP contribution >= 0.6 is 0 Å². The van der Waals surface area contributed by atoms with E-state index in [1.807, 2.05) is 7.05 Å². The summed E-state index contributed by atoms with van der Waals surface area (Å²) in [4.78, 5) is 2.38. The smallest absolute Gasteiger partial charge is 0.0906 e. The van der Waals surface area contributed by atoms with Crippen LogP contribution in [0, 0.1) is 5.92 Å². The van der Waals surface area contributed by atoms with Crippen LogP contribution in [0.1, 0.15) is 19.3 Å². The fraction of sp³-hybridized carbons (Fsp3) is 1.00. The standard InChI is InChI=1S/C10H21FN2/c1-12-9-10-3-7-13(8-4-10)6-2-5-11/h10,12H,2-9H2,1H3. The Labute approximate surface area is 80.5 Å². The van der Waals surface area contributed by atoms with E-state index >= 15 is 0 Å². The van der Waals surface area contributed by atoms with Crippen LogP contribution in [0.3, 0.4) is 0 Å². The monoisotopic (exact) mass is 188 g/mol. The first-order chi connectivity index (χ1) is 6.36. The van der Waals surface area contributed by atoms with E-state index in [0.29, 0.717) is 6.42 Å². The topological polar surface area (TPSA) is 15.3 Å². The molecule has 13 heavy (non-hydrogen) atoms. The van der Waals surface area contributed by atoms with Crippen LogP contribution in [0.4, 0.5) is 4.39 Å². The highest BCUT2D eigenvalue weighted by atomic mass is 19.1. The summed E-state index contributed by atoms with van der Waals surface area (Å²) in [5, 5.41) is 3.22. The summed E-state index contributed by atoms with van der Waals surface area (Å²) < 4.78 is 11.9. The van der Waals surface area contributed by atoms with Crippen LogP contribution in [0.25, 0.3) is 0 Å². The third kappa shape index (κ3) is 4.05. The van der Waals surface area contributed by atoms with Crippen molar-refractivity contribution in [1.82, 2.24) is 10.2 Å². The Morgan fingerprint density at radius 2 is 2.08 bits per heavy atom. The Balaban J connectivity index is 2.08. The minimum Gasteiger partial charge on any atom is -0.319 e. The first-order valence-corrected chi connectivity index (χ1v) is 5.29. The van der Waals surface area contributed by atoms with Gasteiger partial charge in [0.2, 0.25) is 0 Å². The second-order valence-electron chi connectivity index (χ2n) is 3.89. The number of rotatable bonds is 5. The molecule has 0 amide bonds. The lowest BCUT2D eigenvalue weighted by atomic mass is 9.97. The molecule has 1 N–H and O–H groups in total. The summed E-state index contributed by atoms with van der Waals surface area (Å²) in [5.74, 6) is 0.839. The number of nitrogens with zero attached hydrogens (tertiary/aromatic N) is 1. The van der Waals surface area contributed by atoms with E-state index in [9.17, 15) is 4.39 Å². The zero-order valence-electron chi connectivity index (χ0n) is 8.56. The number of hydrogen-bond acceptors (Lipinski definition) is 2. The molecule has 1 heterocycles. The van der Waals surface area contributed by atoms with Gasteiger partial charge in [0.05, 0.1) is 6.67 Å². The summed E-state index contributed by atoms with van der Waals surface area (Å²) in [7, 11) is 2.01. The molecule has 3 heteroatoms. The molecule has 1 fully saturated rings. The highest BCUT2D eigenvalue weighted by Gasteiger charge is 2.17. The van der Waals surface area contributed by atoms with Gasteiger partial charge in [0, 0.05) is 6.54 Å². The Bertz CT molecular complexity index is 122. The fourth-order valence-corrected chi connectivity index (χ4v) is 1.99. The molecule has 0 aromatic carbocycles. The van der Waals surface area contributed by atoms with Gasteiger partial charge in [-0.3, -0.25) is 4.39 Å². The van der Waals surface area contributed by atoms with Crippen molar-refractivity contribution in [1.29, 1.82) is 0 Å². The normalized spacial score (nSPS) is 20.8. The maximum Gasteiger partial charge on any atom is 0.0906 e. The van der Waals surface area contributed by atoms with Gasteiger partial charge in [-0.15, -0.1) is 0 Å². The van der Waals surface area contributed by atoms with E-state index in [1.54, 1.807) is 0 Å². The van der Waals surface area contributed by atoms with Crippen LogP contribution in [0.15, 0.2) is 0 Å². The third-order valence-electron chi connectivity index (χ3n) is 2.81. The number of likely N-dealkylation sites (tertiary alicyclic amines) is 1. The van der Waals surface area contributed by atoms with Gasteiger partial charge in [0.1, 0.15) is 0 Å². The molecule has 0 atom stereocenters. The van der Waals surface area contributed by atoms with Gasteiger partial charge in [-0.1, -0.05) is 0 Å². The molecule has 0 aromatic heterocycles. The van der Waals surface area contributed by atoms with E-state index in [1.165, 1.54) is 12.8 Å². The van der Waals surface area contributed by atoms with Crippen molar-refractivity contribution >= 4 is 0 Å². The lowest BCUT2D eigenvalue weighted by Crippen LogP contribution is -2.37. The minimum atomic E-state index is -0.170. The number of nitrogens with one attached hydrogen (secondary N) is 1. The van der Waals surface area contributed by atoms with E-state index in [4.69, 9.17) is 0 Å². The van der Waals surface area contributed by atoms with Crippen LogP contribution < -0.4 is 5.32 Å². The second-order valence-corrected chi connectivity index (χ2v) is 3.89. The Morgan fingerprint density at radius 3 is 2.62 bits per heavy atom. The fourth-order valence-electron chi connectivity index (χ4n) is 1.99. The maximum atomic E-state index is 11.9. The van der Waals surface area contributed by atoms with Crippen molar-refractivity contribution in [3.05, 3.63) is 0 Å². The zero-order valence-corrected chi connectivity index (χ0v) is 8.56. The van der Waals surface area contributed by atoms with E-state index in [2.05, 4.69) is 10.2 Å². The lowest BCUT2D eigenvalue weighted by molar-refractivity contribution is 0.178. The summed E-state index contributed by atoms with van der Waals surface area (Å²) in [6.07, 6.45) is 3.25. The van der Waals surface area contributed by atoms with Crippen molar-refractivity contribution in [2.75, 3.05) is 39.9 Å². The minimum absolute atomic E-state index is 0.170. The molecule has 0 radical (unpaired) electrons. The first kappa shape index (κ1) is 10.9. The average Bonchev–Trinajstić information content (AvgIpc) is 2.17. The Hall–Kier alpha value is -0.150. The van der Waals surface area contributed by atoms with Gasteiger partial charge in [-0.2, -0.15) is 0 Å². The molecule has 0 bridgehead atoms. The van der Waals surface area contributed by atoms with E-state index in [0.717, 1.165) is 32.1 Å². The highest BCUT2D eigenvalue weighted by Crippen LogP contribution is 2.16. The molecule has 0 saturated carbocycles. The van der Waals surface area contributed by atoms with Crippen molar-refractivity contribution in [3.8, 4) is 0 Å². The van der Waals surface area contributed by atoms with Crippen LogP contribution in [-0.4, -0.2) is 44.8 Å². The van der Waals surface area contributed by atoms with E-state index in [-0.39, 0.29) is 6.67 Å². The molecule has 1 saturated heterocycles. The molecule has 1 rings (SSSR count). The molecule has 0 unspecified atom stereocenters. The van der Waals surface area contributed by atoms with Gasteiger partial charge in [0.15, 0.2) is 0 Å². The van der Waals surface area contributed by atoms with Gasteiger partial charge in [-0.05, 0) is 51.9 Å². The molecule has 1 aliphatic rings. The Morgan fingerprint density at radius 1 is 1.38 bits per heavy atom. The molecular weight excluding hydrogens is 167 g/mol. The molecule has 0 aromatic rings. The molecule has 2 nitrogen and oxygen atoms in total. The predicted molar refractivity (Wildman–Crippen MR) is 53.7 cm³/mol. The van der Waals surface area contributed by atoms with Gasteiger partial charge >= 0.3 is 0 Å². The molecule has 0 spiro atoms. The van der Waals surface area contributed by atoms with Crippen molar-refractivity contribution in [2.24, 2.45) is 5.92 Å². The first-order valence-electron chi connectivity index (χ1n) is 5.29. The average molecular weight is 188 g/mol. The van der Waals surface area contributed by atoms with Crippen LogP contribution in [-0.2, 0) is 0 Å². The third-order valence-corrected chi connectivity index (χ3v) is 2.81. The van der Waals surface area contributed by atoms with Gasteiger partial charge < -0.3 is 10.2 Å². The van der Waals surface area contributed by atoms with Crippen molar-refractivity contribution in [3.63, 3.8) is 0 Å². The van der Waals surface area contributed by atoms with Crippen LogP contribution in [0.5, 0.6) is 0 Å². The van der Waals surface area contributed by atoms with Gasteiger partial charge in [-0.25, -0.2) is 0 Å². The second kappa shape index (κ2) is 6.33. The SMILES string of the molecule is CNCC1CCN(CCCF)CC1. The van der Waals surface area contributed by atoms with Crippen molar-refractivity contribution in [2.45, 2.75) is 19.3 Å². The summed E-state index contributed by atoms with van der Waals surface area (Å²) in [6.45, 7) is 4.23. The summed E-state index contributed by atoms with van der Waals surface area (Å²) >= 11 is 0. The number of piperidine rings is 1. The van der Waals surface area contributed by atoms with E-state index < -0.39 is 0 Å². The molecule has 1 aliphatic heterocycles. The van der Waals surface area contributed by atoms with Gasteiger partial charge in [0.25, 0.3) is 0 Å². The zero-order chi connectivity index (χ0) is 9.52. The number of hydrogen-bond donors (Lipinski definition) is 1. The highest BCUT2D eigenvalue weighted by molar-refractivity contribution is 4.73. The Kier molecular flexibility index (Phi) is 5.32.